The molecular formula is C26H24ClF5IN3O2. The molecule has 4 N–H and O–H groups in total. The van der Waals surface area contributed by atoms with Crippen molar-refractivity contribution in [3.8, 4) is 5.75 Å². The maximum atomic E-state index is 14.4. The lowest BCUT2D eigenvalue weighted by molar-refractivity contribution is -0.0577. The number of nitrogens with zero attached hydrogens (tertiary/aromatic N) is 2. The van der Waals surface area contributed by atoms with Gasteiger partial charge in [0.15, 0.2) is 0 Å². The van der Waals surface area contributed by atoms with E-state index in [0.717, 1.165) is 29.6 Å². The van der Waals surface area contributed by atoms with E-state index in [-0.39, 0.29) is 41.1 Å². The van der Waals surface area contributed by atoms with Crippen LogP contribution < -0.4 is 10.6 Å². The van der Waals surface area contributed by atoms with Crippen molar-refractivity contribution in [2.24, 2.45) is 10.7 Å². The van der Waals surface area contributed by atoms with E-state index in [4.69, 9.17) is 17.3 Å². The van der Waals surface area contributed by atoms with Crippen LogP contribution in [0.2, 0.25) is 5.02 Å². The van der Waals surface area contributed by atoms with Crippen LogP contribution in [0.1, 0.15) is 24.0 Å². The second kappa shape index (κ2) is 12.0. The number of hydrogen-bond acceptors (Lipinski definition) is 5. The zero-order chi connectivity index (χ0) is 28.3. The number of aromatic hydroxyl groups is 1. The summed E-state index contributed by atoms with van der Waals surface area (Å²) < 4.78 is 64.7. The molecule has 0 spiro atoms. The van der Waals surface area contributed by atoms with Crippen molar-refractivity contribution in [1.82, 2.24) is 0 Å². The molecule has 0 heterocycles. The quantitative estimate of drug-likeness (QED) is 0.0934. The van der Waals surface area contributed by atoms with Gasteiger partial charge in [-0.25, -0.2) is 0 Å². The average Bonchev–Trinajstić information content (AvgIpc) is 2.85. The Bertz CT molecular complexity index is 1290. The van der Waals surface area contributed by atoms with Crippen molar-refractivity contribution in [3.63, 3.8) is 0 Å². The number of alkyl halides is 6. The first-order chi connectivity index (χ1) is 17.7. The van der Waals surface area contributed by atoms with Gasteiger partial charge < -0.3 is 20.8 Å². The van der Waals surface area contributed by atoms with E-state index < -0.39 is 27.8 Å². The molecule has 0 saturated carbocycles. The third-order valence-corrected chi connectivity index (χ3v) is 6.67. The van der Waals surface area contributed by atoms with Crippen LogP contribution in [0.25, 0.3) is 5.70 Å². The lowest BCUT2D eigenvalue weighted by Gasteiger charge is -2.34. The first kappa shape index (κ1) is 29.9. The van der Waals surface area contributed by atoms with Gasteiger partial charge in [0.05, 0.1) is 0 Å². The Morgan fingerprint density at radius 2 is 1.84 bits per heavy atom. The first-order valence-corrected chi connectivity index (χ1v) is 12.7. The standard InChI is InChI=1S/C26H24ClF5IN3O2/c1-35-23(25(28,29)30)13-21(34)19-11-10-17(12-22(19)37)36(14-15-6-8-16(27)9-7-15)24(38)18-4-2-3-5-20(18)26(31,32)33/h3,5-13,24,37-38H,2,4,14,34H2,1H3/b21-13-,35-23?. The molecule has 0 amide bonds. The van der Waals surface area contributed by atoms with E-state index in [1.807, 2.05) is 0 Å². The van der Waals surface area contributed by atoms with Crippen LogP contribution in [-0.4, -0.2) is 39.3 Å². The van der Waals surface area contributed by atoms with Crippen molar-refractivity contribution >= 4 is 51.3 Å². The van der Waals surface area contributed by atoms with Gasteiger partial charge in [0.2, 0.25) is 0 Å². The van der Waals surface area contributed by atoms with Crippen molar-refractivity contribution in [1.29, 1.82) is 0 Å². The predicted octanol–water partition coefficient (Wildman–Crippen LogP) is 6.98. The maximum Gasteiger partial charge on any atom is 0.432 e. The summed E-state index contributed by atoms with van der Waals surface area (Å²) in [4.78, 5) is 4.59. The second-order valence-corrected chi connectivity index (χ2v) is 10.2. The maximum absolute atomic E-state index is 14.4. The highest BCUT2D eigenvalue weighted by Crippen LogP contribution is 2.40. The van der Waals surface area contributed by atoms with E-state index >= 15 is 0 Å². The number of rotatable bonds is 8. The lowest BCUT2D eigenvalue weighted by atomic mass is 9.95. The summed E-state index contributed by atoms with van der Waals surface area (Å²) in [6, 6.07) is 10.6. The van der Waals surface area contributed by atoms with Crippen molar-refractivity contribution < 1.29 is 32.2 Å². The molecule has 2 aromatic rings. The second-order valence-electron chi connectivity index (χ2n) is 8.41. The molecule has 1 aliphatic carbocycles. The smallest absolute Gasteiger partial charge is 0.432 e. The van der Waals surface area contributed by atoms with Gasteiger partial charge in [-0.1, -0.05) is 35.9 Å². The molecule has 0 saturated heterocycles. The number of halogens is 7. The molecule has 204 valence electrons. The molecular weight excluding hydrogens is 644 g/mol. The Kier molecular flexibility index (Phi) is 9.48. The zero-order valence-corrected chi connectivity index (χ0v) is 22.9. The molecule has 0 aromatic heterocycles. The molecule has 2 aromatic carbocycles. The highest BCUT2D eigenvalue weighted by atomic mass is 127. The number of aliphatic hydroxyl groups excluding tert-OH is 1. The van der Waals surface area contributed by atoms with Crippen molar-refractivity contribution in [2.45, 2.75) is 35.7 Å². The number of aliphatic imine (C=N–C) groups is 1. The molecule has 0 bridgehead atoms. The number of benzene rings is 2. The molecule has 0 fully saturated rings. The van der Waals surface area contributed by atoms with E-state index in [2.05, 4.69) is 4.99 Å². The van der Waals surface area contributed by atoms with Gasteiger partial charge >= 0.3 is 10.1 Å². The van der Waals surface area contributed by atoms with Gasteiger partial charge in [0.25, 0.3) is 0 Å². The van der Waals surface area contributed by atoms with Crippen molar-refractivity contribution in [2.75, 3.05) is 11.9 Å². The topological polar surface area (TPSA) is 82.1 Å². The molecule has 38 heavy (non-hydrogen) atoms. The summed E-state index contributed by atoms with van der Waals surface area (Å²) >= 11 is 6.98. The van der Waals surface area contributed by atoms with Gasteiger partial charge in [-0.15, -0.1) is 0 Å². The minimum Gasteiger partial charge on any atom is -0.507 e. The lowest BCUT2D eigenvalue weighted by Crippen LogP contribution is -2.38. The summed E-state index contributed by atoms with van der Waals surface area (Å²) in [6.45, 7) is 0.0382. The number of allylic oxidation sites excluding steroid dienone is 4. The van der Waals surface area contributed by atoms with E-state index in [9.17, 15) is 32.2 Å². The van der Waals surface area contributed by atoms with Gasteiger partial charge in [0, 0.05) is 69.8 Å². The highest BCUT2D eigenvalue weighted by molar-refractivity contribution is 14.1. The van der Waals surface area contributed by atoms with Crippen LogP contribution in [0.4, 0.5) is 27.6 Å². The normalized spacial score (nSPS) is 16.1. The molecule has 0 radical (unpaired) electrons. The van der Waals surface area contributed by atoms with Crippen LogP contribution in [-0.2, 0) is 6.54 Å². The Hall–Kier alpha value is -2.64. The molecule has 1 unspecified atom stereocenters. The molecule has 12 heteroatoms. The summed E-state index contributed by atoms with van der Waals surface area (Å²) in [7, 11) is 0.967. The van der Waals surface area contributed by atoms with Crippen LogP contribution in [0.3, 0.4) is 0 Å². The van der Waals surface area contributed by atoms with Gasteiger partial charge in [-0.2, -0.15) is 22.0 Å². The number of aliphatic hydroxyl groups is 1. The minimum absolute atomic E-state index is 0.0382. The Morgan fingerprint density at radius 3 is 2.39 bits per heavy atom. The van der Waals surface area contributed by atoms with E-state index in [1.165, 1.54) is 29.2 Å². The van der Waals surface area contributed by atoms with Gasteiger partial charge in [-0.3, -0.25) is 4.99 Å². The number of nitrogens with two attached hydrogens (primary N) is 1. The fourth-order valence-electron chi connectivity index (χ4n) is 3.96. The van der Waals surface area contributed by atoms with Crippen LogP contribution in [0.5, 0.6) is 5.75 Å². The van der Waals surface area contributed by atoms with Gasteiger partial charge in [-0.05, 0) is 54.3 Å². The molecule has 5 nitrogen and oxygen atoms in total. The average molecular weight is 668 g/mol. The highest BCUT2D eigenvalue weighted by Gasteiger charge is 2.36. The SMILES string of the molecule is CN=C(/C=C(\N)c1ccc(N(Cc2ccc(Cl)cc2)C(O)C2=C(C(F)(F)I)C=CCC2)cc1O)C(F)(F)F. The summed E-state index contributed by atoms with van der Waals surface area (Å²) in [5.41, 5.74) is 4.80. The van der Waals surface area contributed by atoms with Crippen LogP contribution in [0, 0.1) is 0 Å². The molecule has 3 rings (SSSR count). The number of anilines is 1. The Balaban J connectivity index is 2.07. The summed E-state index contributed by atoms with van der Waals surface area (Å²) in [5, 5.41) is 22.5. The number of phenolic OH excluding ortho intramolecular Hbond substituents is 1. The fourth-order valence-corrected chi connectivity index (χ4v) is 4.61. The first-order valence-electron chi connectivity index (χ1n) is 11.2. The van der Waals surface area contributed by atoms with E-state index in [0.29, 0.717) is 23.1 Å². The number of hydrogen-bond donors (Lipinski definition) is 3. The molecule has 1 atom stereocenters. The zero-order valence-electron chi connectivity index (χ0n) is 20.0. The molecule has 0 aliphatic heterocycles. The summed E-state index contributed by atoms with van der Waals surface area (Å²) in [6.07, 6.45) is -2.13. The van der Waals surface area contributed by atoms with Crippen LogP contribution >= 0.6 is 34.2 Å². The Labute approximate surface area is 234 Å². The van der Waals surface area contributed by atoms with Crippen molar-refractivity contribution in [3.05, 3.63) is 88.0 Å². The monoisotopic (exact) mass is 667 g/mol. The minimum atomic E-state index is -4.74. The predicted molar refractivity (Wildman–Crippen MR) is 148 cm³/mol. The van der Waals surface area contributed by atoms with E-state index in [1.54, 1.807) is 30.3 Å². The number of phenols is 1. The fraction of sp³-hybridized carbons (Fsp3) is 0.269. The largest absolute Gasteiger partial charge is 0.507 e. The third-order valence-electron chi connectivity index (χ3n) is 5.84. The van der Waals surface area contributed by atoms with Crippen LogP contribution in [0.15, 0.2) is 76.8 Å². The third kappa shape index (κ3) is 7.26. The summed E-state index contributed by atoms with van der Waals surface area (Å²) in [5.74, 6) is -0.473. The Morgan fingerprint density at radius 1 is 1.18 bits per heavy atom. The molecule has 1 aliphatic rings. The van der Waals surface area contributed by atoms with Gasteiger partial charge in [0.1, 0.15) is 17.7 Å².